The van der Waals surface area contributed by atoms with E-state index in [1.807, 2.05) is 19.1 Å². The summed E-state index contributed by atoms with van der Waals surface area (Å²) in [5.41, 5.74) is 1.52. The Labute approximate surface area is 111 Å². The molecule has 3 nitrogen and oxygen atoms in total. The van der Waals surface area contributed by atoms with Gasteiger partial charge in [0.05, 0.1) is 6.04 Å². The van der Waals surface area contributed by atoms with Crippen molar-refractivity contribution in [2.24, 2.45) is 0 Å². The molecular formula is C14H13ClN2O. The third-order valence-electron chi connectivity index (χ3n) is 2.62. The first-order chi connectivity index (χ1) is 8.66. The zero-order valence-electron chi connectivity index (χ0n) is 9.93. The smallest absolute Gasteiger partial charge is 0.251 e. The summed E-state index contributed by atoms with van der Waals surface area (Å²) in [6.45, 7) is 1.92. The largest absolute Gasteiger partial charge is 0.345 e. The molecule has 0 spiro atoms. The van der Waals surface area contributed by atoms with Crippen molar-refractivity contribution in [2.75, 3.05) is 0 Å². The fourth-order valence-corrected chi connectivity index (χ4v) is 1.82. The van der Waals surface area contributed by atoms with Crippen LogP contribution in [0.2, 0.25) is 5.02 Å². The zero-order valence-corrected chi connectivity index (χ0v) is 10.7. The van der Waals surface area contributed by atoms with Crippen molar-refractivity contribution in [2.45, 2.75) is 13.0 Å². The number of carbonyl (C=O) groups excluding carboxylic acids is 1. The molecule has 4 heteroatoms. The highest BCUT2D eigenvalue weighted by Gasteiger charge is 2.11. The van der Waals surface area contributed by atoms with Crippen molar-refractivity contribution in [1.29, 1.82) is 0 Å². The van der Waals surface area contributed by atoms with Crippen LogP contribution in [0.4, 0.5) is 0 Å². The summed E-state index contributed by atoms with van der Waals surface area (Å²) >= 11 is 5.85. The van der Waals surface area contributed by atoms with Crippen LogP contribution in [-0.4, -0.2) is 10.9 Å². The Morgan fingerprint density at radius 3 is 2.83 bits per heavy atom. The second kappa shape index (κ2) is 5.65. The summed E-state index contributed by atoms with van der Waals surface area (Å²) < 4.78 is 0. The molecule has 0 radical (unpaired) electrons. The van der Waals surface area contributed by atoms with E-state index in [2.05, 4.69) is 10.3 Å². The van der Waals surface area contributed by atoms with Gasteiger partial charge in [0.15, 0.2) is 0 Å². The average molecular weight is 261 g/mol. The van der Waals surface area contributed by atoms with Gasteiger partial charge in [-0.2, -0.15) is 0 Å². The first-order valence-corrected chi connectivity index (χ1v) is 6.01. The summed E-state index contributed by atoms with van der Waals surface area (Å²) in [5, 5.41) is 3.45. The number of benzene rings is 1. The van der Waals surface area contributed by atoms with Gasteiger partial charge in [0.2, 0.25) is 0 Å². The summed E-state index contributed by atoms with van der Waals surface area (Å²) in [5.74, 6) is -0.145. The molecule has 0 bridgehead atoms. The first kappa shape index (κ1) is 12.6. The molecule has 1 unspecified atom stereocenters. The summed E-state index contributed by atoms with van der Waals surface area (Å²) in [6.07, 6.45) is 3.44. The maximum absolute atomic E-state index is 12.0. The molecule has 1 aromatic carbocycles. The predicted octanol–water partition coefficient (Wildman–Crippen LogP) is 3.23. The molecule has 0 saturated heterocycles. The molecule has 1 N–H and O–H groups in total. The Balaban J connectivity index is 2.08. The number of amides is 1. The lowest BCUT2D eigenvalue weighted by Gasteiger charge is -2.13. The molecule has 1 aromatic heterocycles. The SMILES string of the molecule is CC(NC(=O)c1cccc(Cl)c1)c1cccnc1. The number of halogens is 1. The van der Waals surface area contributed by atoms with Gasteiger partial charge in [-0.15, -0.1) is 0 Å². The maximum Gasteiger partial charge on any atom is 0.251 e. The van der Waals surface area contributed by atoms with E-state index in [0.717, 1.165) is 5.56 Å². The number of hydrogen-bond donors (Lipinski definition) is 1. The molecule has 1 heterocycles. The minimum absolute atomic E-state index is 0.0924. The molecule has 92 valence electrons. The molecule has 2 rings (SSSR count). The van der Waals surface area contributed by atoms with Crippen LogP contribution in [0.25, 0.3) is 0 Å². The van der Waals surface area contributed by atoms with Gasteiger partial charge in [0, 0.05) is 23.0 Å². The lowest BCUT2D eigenvalue weighted by atomic mass is 10.1. The van der Waals surface area contributed by atoms with Crippen molar-refractivity contribution in [1.82, 2.24) is 10.3 Å². The third kappa shape index (κ3) is 3.08. The Hall–Kier alpha value is -1.87. The molecule has 1 atom stereocenters. The molecule has 18 heavy (non-hydrogen) atoms. The molecule has 0 aliphatic carbocycles. The number of nitrogens with one attached hydrogen (secondary N) is 1. The van der Waals surface area contributed by atoms with Crippen LogP contribution in [0.5, 0.6) is 0 Å². The van der Waals surface area contributed by atoms with E-state index < -0.39 is 0 Å². The Morgan fingerprint density at radius 1 is 1.33 bits per heavy atom. The van der Waals surface area contributed by atoms with Gasteiger partial charge < -0.3 is 5.32 Å². The van der Waals surface area contributed by atoms with E-state index in [9.17, 15) is 4.79 Å². The van der Waals surface area contributed by atoms with Gasteiger partial charge >= 0.3 is 0 Å². The maximum atomic E-state index is 12.0. The van der Waals surface area contributed by atoms with Crippen LogP contribution < -0.4 is 5.32 Å². The number of pyridine rings is 1. The topological polar surface area (TPSA) is 42.0 Å². The second-order valence-electron chi connectivity index (χ2n) is 3.99. The lowest BCUT2D eigenvalue weighted by Crippen LogP contribution is -2.26. The highest BCUT2D eigenvalue weighted by Crippen LogP contribution is 2.14. The van der Waals surface area contributed by atoms with Gasteiger partial charge in [-0.25, -0.2) is 0 Å². The van der Waals surface area contributed by atoms with Crippen LogP contribution >= 0.6 is 11.6 Å². The summed E-state index contributed by atoms with van der Waals surface area (Å²) in [7, 11) is 0. The molecule has 0 saturated carbocycles. The first-order valence-electron chi connectivity index (χ1n) is 5.63. The van der Waals surface area contributed by atoms with E-state index >= 15 is 0 Å². The van der Waals surface area contributed by atoms with Crippen molar-refractivity contribution in [3.05, 3.63) is 64.9 Å². The molecule has 0 aliphatic heterocycles. The lowest BCUT2D eigenvalue weighted by molar-refractivity contribution is 0.0940. The highest BCUT2D eigenvalue weighted by molar-refractivity contribution is 6.30. The van der Waals surface area contributed by atoms with E-state index in [1.54, 1.807) is 36.7 Å². The van der Waals surface area contributed by atoms with Gasteiger partial charge in [-0.1, -0.05) is 23.7 Å². The third-order valence-corrected chi connectivity index (χ3v) is 2.85. The van der Waals surface area contributed by atoms with Crippen LogP contribution in [0.1, 0.15) is 28.9 Å². The van der Waals surface area contributed by atoms with Gasteiger partial charge in [0.1, 0.15) is 0 Å². The second-order valence-corrected chi connectivity index (χ2v) is 4.43. The van der Waals surface area contributed by atoms with Gasteiger partial charge in [-0.3, -0.25) is 9.78 Å². The molecule has 0 aliphatic rings. The summed E-state index contributed by atoms with van der Waals surface area (Å²) in [4.78, 5) is 16.0. The monoisotopic (exact) mass is 260 g/mol. The molecule has 1 amide bonds. The fourth-order valence-electron chi connectivity index (χ4n) is 1.63. The Morgan fingerprint density at radius 2 is 2.17 bits per heavy atom. The highest BCUT2D eigenvalue weighted by atomic mass is 35.5. The zero-order chi connectivity index (χ0) is 13.0. The Bertz CT molecular complexity index is 543. The normalized spacial score (nSPS) is 11.9. The number of carbonyl (C=O) groups is 1. The van der Waals surface area contributed by atoms with Crippen molar-refractivity contribution in [3.8, 4) is 0 Å². The van der Waals surface area contributed by atoms with Gasteiger partial charge in [0.25, 0.3) is 5.91 Å². The predicted molar refractivity (Wildman–Crippen MR) is 71.6 cm³/mol. The fraction of sp³-hybridized carbons (Fsp3) is 0.143. The number of nitrogens with zero attached hydrogens (tertiary/aromatic N) is 1. The van der Waals surface area contributed by atoms with Crippen molar-refractivity contribution in [3.63, 3.8) is 0 Å². The quantitative estimate of drug-likeness (QED) is 0.921. The average Bonchev–Trinajstić information content (AvgIpc) is 2.39. The van der Waals surface area contributed by atoms with Crippen LogP contribution in [0.15, 0.2) is 48.8 Å². The van der Waals surface area contributed by atoms with E-state index in [4.69, 9.17) is 11.6 Å². The summed E-state index contributed by atoms with van der Waals surface area (Å²) in [6, 6.07) is 10.6. The number of aromatic nitrogens is 1. The van der Waals surface area contributed by atoms with Crippen LogP contribution in [0, 0.1) is 0 Å². The number of rotatable bonds is 3. The van der Waals surface area contributed by atoms with E-state index in [-0.39, 0.29) is 11.9 Å². The van der Waals surface area contributed by atoms with Crippen molar-refractivity contribution < 1.29 is 4.79 Å². The minimum atomic E-state index is -0.145. The van der Waals surface area contributed by atoms with Crippen LogP contribution in [0.3, 0.4) is 0 Å². The minimum Gasteiger partial charge on any atom is -0.345 e. The van der Waals surface area contributed by atoms with E-state index in [0.29, 0.717) is 10.6 Å². The Kier molecular flexibility index (Phi) is 3.95. The van der Waals surface area contributed by atoms with Crippen LogP contribution in [-0.2, 0) is 0 Å². The van der Waals surface area contributed by atoms with Gasteiger partial charge in [-0.05, 0) is 36.8 Å². The molecule has 0 fully saturated rings. The van der Waals surface area contributed by atoms with E-state index in [1.165, 1.54) is 0 Å². The van der Waals surface area contributed by atoms with Crippen molar-refractivity contribution >= 4 is 17.5 Å². The molecular weight excluding hydrogens is 248 g/mol. The molecule has 2 aromatic rings. The standard InChI is InChI=1S/C14H13ClN2O/c1-10(12-5-3-7-16-9-12)17-14(18)11-4-2-6-13(15)8-11/h2-10H,1H3,(H,17,18). The number of hydrogen-bond acceptors (Lipinski definition) is 2.